The summed E-state index contributed by atoms with van der Waals surface area (Å²) < 4.78 is 50.7. The molecule has 1 aromatic rings. The van der Waals surface area contributed by atoms with E-state index >= 15 is 0 Å². The van der Waals surface area contributed by atoms with Crippen molar-refractivity contribution in [2.45, 2.75) is 43.0 Å². The standard InChI is InChI=1S/C13H22N2O4S2/c1-6-14-11-8-7-10(20(5,16)17)9-12(11)21(18,19)15-13(2,3)4/h7-9,14-15H,6H2,1-5H3. The minimum absolute atomic E-state index is 0.0292. The maximum absolute atomic E-state index is 12.5. The summed E-state index contributed by atoms with van der Waals surface area (Å²) in [7, 11) is -7.31. The number of anilines is 1. The van der Waals surface area contributed by atoms with Crippen LogP contribution in [0.15, 0.2) is 28.0 Å². The van der Waals surface area contributed by atoms with Crippen LogP contribution in [0.4, 0.5) is 5.69 Å². The first-order valence-electron chi connectivity index (χ1n) is 6.49. The molecule has 0 radical (unpaired) electrons. The van der Waals surface area contributed by atoms with Crippen LogP contribution < -0.4 is 10.0 Å². The molecule has 0 saturated carbocycles. The Balaban J connectivity index is 3.50. The average Bonchev–Trinajstić information content (AvgIpc) is 2.24. The SMILES string of the molecule is CCNc1ccc(S(C)(=O)=O)cc1S(=O)(=O)NC(C)(C)C. The van der Waals surface area contributed by atoms with E-state index in [4.69, 9.17) is 0 Å². The normalized spacial score (nSPS) is 13.2. The van der Waals surface area contributed by atoms with Gasteiger partial charge >= 0.3 is 0 Å². The van der Waals surface area contributed by atoms with Crippen LogP contribution in [-0.2, 0) is 19.9 Å². The Labute approximate surface area is 126 Å². The Morgan fingerprint density at radius 3 is 2.10 bits per heavy atom. The van der Waals surface area contributed by atoms with Gasteiger partial charge in [-0.2, -0.15) is 0 Å². The number of hydrogen-bond donors (Lipinski definition) is 2. The van der Waals surface area contributed by atoms with E-state index in [2.05, 4.69) is 10.0 Å². The zero-order chi connectivity index (χ0) is 16.5. The molecule has 6 nitrogen and oxygen atoms in total. The van der Waals surface area contributed by atoms with Crippen molar-refractivity contribution >= 4 is 25.5 Å². The lowest BCUT2D eigenvalue weighted by Crippen LogP contribution is -2.40. The minimum atomic E-state index is -3.83. The molecule has 0 spiro atoms. The van der Waals surface area contributed by atoms with Gasteiger partial charge in [-0.25, -0.2) is 21.6 Å². The van der Waals surface area contributed by atoms with Gasteiger partial charge in [-0.15, -0.1) is 0 Å². The van der Waals surface area contributed by atoms with Gasteiger partial charge in [-0.1, -0.05) is 0 Å². The predicted molar refractivity (Wildman–Crippen MR) is 83.8 cm³/mol. The zero-order valence-corrected chi connectivity index (χ0v) is 14.5. The molecule has 1 rings (SSSR count). The van der Waals surface area contributed by atoms with Crippen LogP contribution in [-0.4, -0.2) is 35.2 Å². The molecule has 0 aliphatic rings. The first kappa shape index (κ1) is 17.9. The van der Waals surface area contributed by atoms with Crippen LogP contribution in [0.25, 0.3) is 0 Å². The lowest BCUT2D eigenvalue weighted by atomic mass is 10.1. The number of hydrogen-bond acceptors (Lipinski definition) is 5. The number of sulfone groups is 1. The van der Waals surface area contributed by atoms with E-state index in [0.717, 1.165) is 6.26 Å². The van der Waals surface area contributed by atoms with Gasteiger partial charge < -0.3 is 5.32 Å². The van der Waals surface area contributed by atoms with Crippen molar-refractivity contribution < 1.29 is 16.8 Å². The van der Waals surface area contributed by atoms with Crippen LogP contribution >= 0.6 is 0 Å². The van der Waals surface area contributed by atoms with Crippen molar-refractivity contribution in [1.82, 2.24) is 4.72 Å². The largest absolute Gasteiger partial charge is 0.384 e. The molecule has 0 amide bonds. The topological polar surface area (TPSA) is 92.3 Å². The zero-order valence-electron chi connectivity index (χ0n) is 12.9. The van der Waals surface area contributed by atoms with Gasteiger partial charge in [0.2, 0.25) is 10.0 Å². The summed E-state index contributed by atoms with van der Waals surface area (Å²) in [6.45, 7) is 7.52. The molecule has 0 aliphatic carbocycles. The van der Waals surface area contributed by atoms with Crippen molar-refractivity contribution in [3.8, 4) is 0 Å². The van der Waals surface area contributed by atoms with Crippen molar-refractivity contribution in [3.63, 3.8) is 0 Å². The van der Waals surface area contributed by atoms with Crippen LogP contribution in [0.3, 0.4) is 0 Å². The molecule has 0 heterocycles. The molecule has 2 N–H and O–H groups in total. The molecular weight excluding hydrogens is 312 g/mol. The average molecular weight is 334 g/mol. The third kappa shape index (κ3) is 4.98. The van der Waals surface area contributed by atoms with E-state index < -0.39 is 25.4 Å². The quantitative estimate of drug-likeness (QED) is 0.853. The Morgan fingerprint density at radius 1 is 1.10 bits per heavy atom. The fraction of sp³-hybridized carbons (Fsp3) is 0.538. The number of rotatable bonds is 5. The van der Waals surface area contributed by atoms with Crippen LogP contribution in [0, 0.1) is 0 Å². The number of sulfonamides is 1. The van der Waals surface area contributed by atoms with Gasteiger partial charge in [0, 0.05) is 18.3 Å². The van der Waals surface area contributed by atoms with E-state index in [-0.39, 0.29) is 9.79 Å². The molecule has 120 valence electrons. The van der Waals surface area contributed by atoms with Crippen LogP contribution in [0.2, 0.25) is 0 Å². The summed E-state index contributed by atoms with van der Waals surface area (Å²) in [4.78, 5) is -0.0966. The van der Waals surface area contributed by atoms with Gasteiger partial charge in [0.05, 0.1) is 10.6 Å². The Kier molecular flexibility index (Phi) is 5.07. The van der Waals surface area contributed by atoms with E-state index in [1.807, 2.05) is 6.92 Å². The summed E-state index contributed by atoms with van der Waals surface area (Å²) in [5.74, 6) is 0. The van der Waals surface area contributed by atoms with Crippen molar-refractivity contribution in [3.05, 3.63) is 18.2 Å². The maximum atomic E-state index is 12.5. The van der Waals surface area contributed by atoms with Crippen molar-refractivity contribution in [2.24, 2.45) is 0 Å². The first-order chi connectivity index (χ1) is 9.37. The third-order valence-electron chi connectivity index (χ3n) is 2.48. The molecule has 8 heteroatoms. The van der Waals surface area contributed by atoms with Crippen molar-refractivity contribution in [2.75, 3.05) is 18.1 Å². The van der Waals surface area contributed by atoms with Gasteiger partial charge in [-0.3, -0.25) is 0 Å². The maximum Gasteiger partial charge on any atom is 0.243 e. The fourth-order valence-electron chi connectivity index (χ4n) is 1.75. The van der Waals surface area contributed by atoms with Gasteiger partial charge in [0.1, 0.15) is 4.90 Å². The number of nitrogens with one attached hydrogen (secondary N) is 2. The summed E-state index contributed by atoms with van der Waals surface area (Å²) in [6, 6.07) is 4.04. The number of benzene rings is 1. The van der Waals surface area contributed by atoms with E-state index in [1.165, 1.54) is 18.2 Å². The molecule has 0 unspecified atom stereocenters. The molecule has 21 heavy (non-hydrogen) atoms. The third-order valence-corrected chi connectivity index (χ3v) is 5.39. The molecule has 0 aromatic heterocycles. The van der Waals surface area contributed by atoms with Crippen LogP contribution in [0.5, 0.6) is 0 Å². The Hall–Kier alpha value is -1.12. The fourth-order valence-corrected chi connectivity index (χ4v) is 4.10. The lowest BCUT2D eigenvalue weighted by molar-refractivity contribution is 0.491. The highest BCUT2D eigenvalue weighted by atomic mass is 32.2. The van der Waals surface area contributed by atoms with E-state index in [1.54, 1.807) is 20.8 Å². The van der Waals surface area contributed by atoms with Gasteiger partial charge in [-0.05, 0) is 45.9 Å². The summed E-state index contributed by atoms with van der Waals surface area (Å²) in [6.07, 6.45) is 1.04. The highest BCUT2D eigenvalue weighted by Gasteiger charge is 2.26. The molecule has 1 aromatic carbocycles. The highest BCUT2D eigenvalue weighted by molar-refractivity contribution is 7.91. The second kappa shape index (κ2) is 5.94. The smallest absolute Gasteiger partial charge is 0.243 e. The summed E-state index contributed by atoms with van der Waals surface area (Å²) >= 11 is 0. The van der Waals surface area contributed by atoms with Crippen LogP contribution in [0.1, 0.15) is 27.7 Å². The minimum Gasteiger partial charge on any atom is -0.384 e. The molecule has 0 bridgehead atoms. The molecule has 0 saturated heterocycles. The second-order valence-electron chi connectivity index (χ2n) is 5.82. The van der Waals surface area contributed by atoms with E-state index in [0.29, 0.717) is 12.2 Å². The van der Waals surface area contributed by atoms with Gasteiger partial charge in [0.25, 0.3) is 0 Å². The Bertz CT molecular complexity index is 717. The molecular formula is C13H22N2O4S2. The lowest BCUT2D eigenvalue weighted by Gasteiger charge is -2.22. The Morgan fingerprint density at radius 2 is 1.67 bits per heavy atom. The van der Waals surface area contributed by atoms with Gasteiger partial charge in [0.15, 0.2) is 9.84 Å². The first-order valence-corrected chi connectivity index (χ1v) is 9.86. The second-order valence-corrected chi connectivity index (χ2v) is 9.48. The monoisotopic (exact) mass is 334 g/mol. The summed E-state index contributed by atoms with van der Waals surface area (Å²) in [5, 5.41) is 2.93. The highest BCUT2D eigenvalue weighted by Crippen LogP contribution is 2.26. The predicted octanol–water partition coefficient (Wildman–Crippen LogP) is 1.60. The van der Waals surface area contributed by atoms with Crippen molar-refractivity contribution in [1.29, 1.82) is 0 Å². The molecule has 0 aliphatic heterocycles. The summed E-state index contributed by atoms with van der Waals surface area (Å²) in [5.41, 5.74) is -0.287. The van der Waals surface area contributed by atoms with E-state index in [9.17, 15) is 16.8 Å². The molecule has 0 atom stereocenters. The molecule has 0 fully saturated rings.